The third kappa shape index (κ3) is 7.75. The van der Waals surface area contributed by atoms with E-state index >= 15 is 0 Å². The zero-order chi connectivity index (χ0) is 20.5. The molecule has 1 saturated heterocycles. The quantitative estimate of drug-likeness (QED) is 0.312. The molecule has 160 valence electrons. The first kappa shape index (κ1) is 22.9. The summed E-state index contributed by atoms with van der Waals surface area (Å²) in [7, 11) is 0. The van der Waals surface area contributed by atoms with Crippen molar-refractivity contribution in [2.24, 2.45) is 5.92 Å². The topological polar surface area (TPSA) is 52.7 Å². The van der Waals surface area contributed by atoms with Gasteiger partial charge in [0.05, 0.1) is 0 Å². The lowest BCUT2D eigenvalue weighted by atomic mass is 9.91. The number of nitrogens with one attached hydrogen (secondary N) is 1. The van der Waals surface area contributed by atoms with E-state index in [1.807, 2.05) is 22.7 Å². The first-order valence-corrected chi connectivity index (χ1v) is 12.9. The third-order valence-electron chi connectivity index (χ3n) is 5.88. The van der Waals surface area contributed by atoms with Gasteiger partial charge in [-0.05, 0) is 30.1 Å². The molecule has 0 radical (unpaired) electrons. The lowest BCUT2D eigenvalue weighted by Gasteiger charge is -2.36. The van der Waals surface area contributed by atoms with Gasteiger partial charge in [0.15, 0.2) is 0 Å². The second-order valence-corrected chi connectivity index (χ2v) is 10.2. The summed E-state index contributed by atoms with van der Waals surface area (Å²) in [6.45, 7) is 4.13. The molecule has 1 unspecified atom stereocenters. The maximum absolute atomic E-state index is 13.1. The van der Waals surface area contributed by atoms with E-state index in [0.29, 0.717) is 5.75 Å². The number of piperazine rings is 1. The van der Waals surface area contributed by atoms with E-state index < -0.39 is 6.04 Å². The molecule has 2 aliphatic rings. The monoisotopic (exact) mass is 529 g/mol. The van der Waals surface area contributed by atoms with Gasteiger partial charge in [0.1, 0.15) is 6.04 Å². The molecule has 2 fully saturated rings. The van der Waals surface area contributed by atoms with E-state index in [9.17, 15) is 9.59 Å². The van der Waals surface area contributed by atoms with Crippen LogP contribution in [-0.4, -0.2) is 63.3 Å². The highest BCUT2D eigenvalue weighted by Crippen LogP contribution is 2.27. The van der Waals surface area contributed by atoms with Crippen LogP contribution in [0.1, 0.15) is 37.7 Å². The van der Waals surface area contributed by atoms with Gasteiger partial charge in [0, 0.05) is 61.1 Å². The van der Waals surface area contributed by atoms with Crippen LogP contribution < -0.4 is 5.32 Å². The zero-order valence-electron chi connectivity index (χ0n) is 17.0. The molecule has 5 nitrogen and oxygen atoms in total. The molecule has 7 heteroatoms. The number of hydrogen-bond acceptors (Lipinski definition) is 4. The van der Waals surface area contributed by atoms with Crippen LogP contribution in [0.5, 0.6) is 0 Å². The molecule has 1 aromatic carbocycles. The third-order valence-corrected chi connectivity index (χ3v) is 7.47. The van der Waals surface area contributed by atoms with Gasteiger partial charge in [0.25, 0.3) is 3.91 Å². The standard InChI is InChI=1S/C22H32IN3O2S/c23-22(28)24-20(17-29-16-19-9-5-2-6-10-19)21(27)26-13-11-25(12-14-26)15-18-7-3-1-4-8-18/h1,3-4,7-8,19-20H,2,5-6,9-17H2,(H,24,28). The molecule has 0 bridgehead atoms. The molecule has 0 spiro atoms. The van der Waals surface area contributed by atoms with Gasteiger partial charge in [-0.2, -0.15) is 11.8 Å². The molecular formula is C22H32IN3O2S. The van der Waals surface area contributed by atoms with Crippen molar-refractivity contribution in [1.82, 2.24) is 15.1 Å². The van der Waals surface area contributed by atoms with Crippen molar-refractivity contribution in [2.45, 2.75) is 44.7 Å². The number of carbonyl (C=O) groups excluding carboxylic acids is 2. The van der Waals surface area contributed by atoms with Crippen LogP contribution >= 0.6 is 34.4 Å². The predicted octanol–water partition coefficient (Wildman–Crippen LogP) is 4.16. The lowest BCUT2D eigenvalue weighted by Crippen LogP contribution is -2.55. The molecule has 0 aromatic heterocycles. The number of carbonyl (C=O) groups is 2. The summed E-state index contributed by atoms with van der Waals surface area (Å²) >= 11 is 3.56. The number of nitrogens with zero attached hydrogens (tertiary/aromatic N) is 2. The van der Waals surface area contributed by atoms with Crippen LogP contribution in [0.4, 0.5) is 4.79 Å². The van der Waals surface area contributed by atoms with Crippen LogP contribution in [0.15, 0.2) is 30.3 Å². The van der Waals surface area contributed by atoms with Crippen molar-refractivity contribution < 1.29 is 9.59 Å². The summed E-state index contributed by atoms with van der Waals surface area (Å²) in [5.74, 6) is 2.63. The highest BCUT2D eigenvalue weighted by atomic mass is 127. The summed E-state index contributed by atoms with van der Waals surface area (Å²) in [5.41, 5.74) is 1.31. The minimum Gasteiger partial charge on any atom is -0.338 e. The number of rotatable bonds is 8. The summed E-state index contributed by atoms with van der Waals surface area (Å²) in [6, 6.07) is 10.1. The minimum atomic E-state index is -0.409. The lowest BCUT2D eigenvalue weighted by molar-refractivity contribution is -0.134. The normalized spacial score (nSPS) is 19.7. The van der Waals surface area contributed by atoms with Crippen LogP contribution in [-0.2, 0) is 11.3 Å². The second kappa shape index (κ2) is 12.2. The molecule has 29 heavy (non-hydrogen) atoms. The Kier molecular flexibility index (Phi) is 9.58. The van der Waals surface area contributed by atoms with Crippen LogP contribution in [0.25, 0.3) is 0 Å². The fraction of sp³-hybridized carbons (Fsp3) is 0.636. The Hall–Kier alpha value is -0.800. The van der Waals surface area contributed by atoms with E-state index in [4.69, 9.17) is 0 Å². The Morgan fingerprint density at radius 2 is 1.76 bits per heavy atom. The van der Waals surface area contributed by atoms with Gasteiger partial charge in [-0.15, -0.1) is 0 Å². The fourth-order valence-corrected chi connectivity index (χ4v) is 5.85. The summed E-state index contributed by atoms with van der Waals surface area (Å²) < 4.78 is -0.151. The molecule has 1 saturated carbocycles. The van der Waals surface area contributed by atoms with Crippen molar-refractivity contribution in [3.8, 4) is 0 Å². The molecule has 1 aliphatic carbocycles. The molecule has 3 rings (SSSR count). The maximum Gasteiger partial charge on any atom is 0.281 e. The Morgan fingerprint density at radius 3 is 2.41 bits per heavy atom. The van der Waals surface area contributed by atoms with Gasteiger partial charge < -0.3 is 10.2 Å². The smallest absolute Gasteiger partial charge is 0.281 e. The Morgan fingerprint density at radius 1 is 1.07 bits per heavy atom. The van der Waals surface area contributed by atoms with Crippen molar-refractivity contribution in [3.05, 3.63) is 35.9 Å². The average molecular weight is 529 g/mol. The highest BCUT2D eigenvalue weighted by molar-refractivity contribution is 14.1. The number of halogens is 1. The van der Waals surface area contributed by atoms with Gasteiger partial charge in [-0.1, -0.05) is 49.6 Å². The van der Waals surface area contributed by atoms with Crippen molar-refractivity contribution in [2.75, 3.05) is 37.7 Å². The van der Waals surface area contributed by atoms with Crippen molar-refractivity contribution >= 4 is 44.2 Å². The highest BCUT2D eigenvalue weighted by Gasteiger charge is 2.28. The van der Waals surface area contributed by atoms with E-state index in [0.717, 1.165) is 44.4 Å². The summed E-state index contributed by atoms with van der Waals surface area (Å²) in [4.78, 5) is 29.0. The summed E-state index contributed by atoms with van der Waals surface area (Å²) in [6.07, 6.45) is 6.67. The van der Waals surface area contributed by atoms with Gasteiger partial charge in [0.2, 0.25) is 5.91 Å². The van der Waals surface area contributed by atoms with Crippen LogP contribution in [0, 0.1) is 5.92 Å². The van der Waals surface area contributed by atoms with Crippen molar-refractivity contribution in [3.63, 3.8) is 0 Å². The fourth-order valence-electron chi connectivity index (χ4n) is 4.21. The first-order chi connectivity index (χ1) is 14.1. The molecular weight excluding hydrogens is 497 g/mol. The Labute approximate surface area is 192 Å². The number of thioether (sulfide) groups is 1. The molecule has 1 heterocycles. The molecule has 1 N–H and O–H groups in total. The molecule has 1 aliphatic heterocycles. The van der Waals surface area contributed by atoms with E-state index in [1.165, 1.54) is 37.7 Å². The van der Waals surface area contributed by atoms with Crippen molar-refractivity contribution in [1.29, 1.82) is 0 Å². The van der Waals surface area contributed by atoms with Gasteiger partial charge >= 0.3 is 0 Å². The summed E-state index contributed by atoms with van der Waals surface area (Å²) in [5, 5.41) is 2.89. The van der Waals surface area contributed by atoms with Crippen LogP contribution in [0.2, 0.25) is 0 Å². The minimum absolute atomic E-state index is 0.0746. The number of hydrogen-bond donors (Lipinski definition) is 1. The average Bonchev–Trinajstić information content (AvgIpc) is 2.74. The van der Waals surface area contributed by atoms with E-state index in [2.05, 4.69) is 34.5 Å². The Bertz CT molecular complexity index is 647. The van der Waals surface area contributed by atoms with Gasteiger partial charge in [-0.3, -0.25) is 14.5 Å². The first-order valence-electron chi connectivity index (χ1n) is 10.7. The maximum atomic E-state index is 13.1. The Balaban J connectivity index is 1.45. The molecule has 1 atom stereocenters. The number of amides is 2. The second-order valence-electron chi connectivity index (χ2n) is 8.10. The van der Waals surface area contributed by atoms with E-state index in [1.54, 1.807) is 22.6 Å². The zero-order valence-corrected chi connectivity index (χ0v) is 20.0. The SMILES string of the molecule is O=C(I)NC(CSCC1CCCCC1)C(=O)N1CCN(Cc2ccccc2)CC1. The molecule has 2 amide bonds. The van der Waals surface area contributed by atoms with E-state index in [-0.39, 0.29) is 9.82 Å². The largest absolute Gasteiger partial charge is 0.338 e. The van der Waals surface area contributed by atoms with Crippen LogP contribution in [0.3, 0.4) is 0 Å². The molecule has 1 aromatic rings. The van der Waals surface area contributed by atoms with Gasteiger partial charge in [-0.25, -0.2) is 0 Å². The number of benzene rings is 1. The predicted molar refractivity (Wildman–Crippen MR) is 129 cm³/mol.